The maximum absolute atomic E-state index is 13.4. The van der Waals surface area contributed by atoms with Crippen LogP contribution in [0.5, 0.6) is 5.75 Å². The van der Waals surface area contributed by atoms with E-state index in [4.69, 9.17) is 4.74 Å². The molecular weight excluding hydrogens is 369 g/mol. The minimum absolute atomic E-state index is 0.000113. The Morgan fingerprint density at radius 2 is 2.20 bits per heavy atom. The van der Waals surface area contributed by atoms with Crippen molar-refractivity contribution in [3.05, 3.63) is 40.7 Å². The lowest BCUT2D eigenvalue weighted by molar-refractivity contribution is -0.118. The Morgan fingerprint density at radius 1 is 1.44 bits per heavy atom. The van der Waals surface area contributed by atoms with Crippen LogP contribution in [0.1, 0.15) is 10.6 Å². The molecule has 0 aliphatic carbocycles. The van der Waals surface area contributed by atoms with Crippen molar-refractivity contribution in [2.75, 3.05) is 24.7 Å². The van der Waals surface area contributed by atoms with Crippen LogP contribution in [0.2, 0.25) is 0 Å². The van der Waals surface area contributed by atoms with Crippen molar-refractivity contribution in [2.45, 2.75) is 13.0 Å². The summed E-state index contributed by atoms with van der Waals surface area (Å²) in [7, 11) is -3.26. The summed E-state index contributed by atoms with van der Waals surface area (Å²) in [5, 5.41) is 2.97. The van der Waals surface area contributed by atoms with Gasteiger partial charge in [-0.05, 0) is 12.1 Å². The average molecular weight is 385 g/mol. The molecule has 0 saturated carbocycles. The number of aromatic nitrogens is 1. The Balaban J connectivity index is 1.60. The molecule has 134 valence electrons. The van der Waals surface area contributed by atoms with Crippen LogP contribution in [-0.2, 0) is 27.8 Å². The van der Waals surface area contributed by atoms with Gasteiger partial charge in [0.25, 0.3) is 5.91 Å². The van der Waals surface area contributed by atoms with Crippen LogP contribution in [0.25, 0.3) is 0 Å². The minimum atomic E-state index is -3.26. The molecule has 0 atom stereocenters. The molecule has 2 aromatic rings. The Bertz CT molecular complexity index is 898. The maximum atomic E-state index is 13.4. The fourth-order valence-corrected chi connectivity index (χ4v) is 4.28. The molecular formula is C15H16FN3O4S2. The summed E-state index contributed by atoms with van der Waals surface area (Å²) in [5.74, 6) is -1.00. The van der Waals surface area contributed by atoms with Gasteiger partial charge >= 0.3 is 0 Å². The number of amides is 1. The van der Waals surface area contributed by atoms with E-state index < -0.39 is 21.7 Å². The number of para-hydroxylation sites is 1. The number of rotatable bonds is 5. The highest BCUT2D eigenvalue weighted by molar-refractivity contribution is 7.88. The highest BCUT2D eigenvalue weighted by Crippen LogP contribution is 2.29. The number of benzene rings is 1. The van der Waals surface area contributed by atoms with Gasteiger partial charge in [-0.25, -0.2) is 17.8 Å². The van der Waals surface area contributed by atoms with E-state index >= 15 is 0 Å². The molecule has 1 N–H and O–H groups in total. The zero-order valence-electron chi connectivity index (χ0n) is 13.4. The van der Waals surface area contributed by atoms with Crippen LogP contribution in [0.15, 0.2) is 24.3 Å². The number of nitrogens with one attached hydrogen (secondary N) is 1. The number of carbonyl (C=O) groups is 1. The molecule has 2 heterocycles. The monoisotopic (exact) mass is 385 g/mol. The molecule has 0 saturated heterocycles. The lowest BCUT2D eigenvalue weighted by atomic mass is 10.2. The molecule has 0 spiro atoms. The van der Waals surface area contributed by atoms with E-state index in [0.717, 1.165) is 10.6 Å². The summed E-state index contributed by atoms with van der Waals surface area (Å²) in [6, 6.07) is 5.82. The van der Waals surface area contributed by atoms with Crippen LogP contribution in [0, 0.1) is 5.82 Å². The topological polar surface area (TPSA) is 88.6 Å². The number of ether oxygens (including phenoxy) is 1. The highest BCUT2D eigenvalue weighted by Gasteiger charge is 2.26. The summed E-state index contributed by atoms with van der Waals surface area (Å²) < 4.78 is 43.2. The zero-order chi connectivity index (χ0) is 18.0. The first-order chi connectivity index (χ1) is 11.8. The van der Waals surface area contributed by atoms with Crippen molar-refractivity contribution in [2.24, 2.45) is 0 Å². The second-order valence-electron chi connectivity index (χ2n) is 5.50. The molecule has 0 fully saturated rings. The van der Waals surface area contributed by atoms with Gasteiger partial charge in [0.05, 0.1) is 11.9 Å². The SMILES string of the molecule is CS(=O)(=O)N1CCc2nc(NC(=O)COc3ccccc3F)sc2C1. The predicted octanol–water partition coefficient (Wildman–Crippen LogP) is 1.62. The van der Waals surface area contributed by atoms with Crippen molar-refractivity contribution < 1.29 is 22.3 Å². The summed E-state index contributed by atoms with van der Waals surface area (Å²) in [4.78, 5) is 17.1. The fraction of sp³-hybridized carbons (Fsp3) is 0.333. The lowest BCUT2D eigenvalue weighted by Crippen LogP contribution is -2.34. The second kappa shape index (κ2) is 7.06. The van der Waals surface area contributed by atoms with Gasteiger partial charge < -0.3 is 4.74 Å². The predicted molar refractivity (Wildman–Crippen MR) is 91.6 cm³/mol. The van der Waals surface area contributed by atoms with Crippen LogP contribution in [0.4, 0.5) is 9.52 Å². The van der Waals surface area contributed by atoms with Gasteiger partial charge in [-0.2, -0.15) is 4.31 Å². The van der Waals surface area contributed by atoms with Gasteiger partial charge in [-0.3, -0.25) is 10.1 Å². The van der Waals surface area contributed by atoms with Crippen LogP contribution in [0.3, 0.4) is 0 Å². The summed E-state index contributed by atoms with van der Waals surface area (Å²) in [6.07, 6.45) is 1.67. The third-order valence-corrected chi connectivity index (χ3v) is 5.85. The number of fused-ring (bicyclic) bond motifs is 1. The number of nitrogens with zero attached hydrogens (tertiary/aromatic N) is 2. The molecule has 0 radical (unpaired) electrons. The van der Waals surface area contributed by atoms with E-state index in [9.17, 15) is 17.6 Å². The van der Waals surface area contributed by atoms with Gasteiger partial charge in [0.15, 0.2) is 23.3 Å². The summed E-state index contributed by atoms with van der Waals surface area (Å²) in [6.45, 7) is 0.285. The van der Waals surface area contributed by atoms with E-state index in [2.05, 4.69) is 10.3 Å². The molecule has 3 rings (SSSR count). The highest BCUT2D eigenvalue weighted by atomic mass is 32.2. The molecule has 25 heavy (non-hydrogen) atoms. The van der Waals surface area contributed by atoms with E-state index in [1.54, 1.807) is 6.07 Å². The third-order valence-electron chi connectivity index (χ3n) is 3.61. The lowest BCUT2D eigenvalue weighted by Gasteiger charge is -2.23. The minimum Gasteiger partial charge on any atom is -0.481 e. The molecule has 7 nitrogen and oxygen atoms in total. The largest absolute Gasteiger partial charge is 0.481 e. The quantitative estimate of drug-likeness (QED) is 0.845. The van der Waals surface area contributed by atoms with Crippen molar-refractivity contribution >= 4 is 32.4 Å². The van der Waals surface area contributed by atoms with E-state index in [1.807, 2.05) is 0 Å². The van der Waals surface area contributed by atoms with Crippen molar-refractivity contribution in [1.29, 1.82) is 0 Å². The molecule has 0 unspecified atom stereocenters. The van der Waals surface area contributed by atoms with Gasteiger partial charge in [-0.1, -0.05) is 12.1 Å². The molecule has 1 aromatic heterocycles. The maximum Gasteiger partial charge on any atom is 0.264 e. The molecule has 10 heteroatoms. The fourth-order valence-electron chi connectivity index (χ4n) is 2.37. The average Bonchev–Trinajstić information content (AvgIpc) is 2.94. The van der Waals surface area contributed by atoms with Gasteiger partial charge in [0.1, 0.15) is 0 Å². The smallest absolute Gasteiger partial charge is 0.264 e. The number of carbonyl (C=O) groups excluding carboxylic acids is 1. The molecule has 1 aliphatic rings. The number of anilines is 1. The van der Waals surface area contributed by atoms with Crippen LogP contribution < -0.4 is 10.1 Å². The van der Waals surface area contributed by atoms with Gasteiger partial charge in [0.2, 0.25) is 10.0 Å². The normalized spacial score (nSPS) is 14.8. The first kappa shape index (κ1) is 17.8. The van der Waals surface area contributed by atoms with Gasteiger partial charge in [-0.15, -0.1) is 11.3 Å². The number of thiazole rings is 1. The standard InChI is InChI=1S/C15H16FN3O4S2/c1-25(21,22)19-7-6-11-13(8-19)24-15(17-11)18-14(20)9-23-12-5-3-2-4-10(12)16/h2-5H,6-9H2,1H3,(H,17,18,20). The molecule has 1 aromatic carbocycles. The van der Waals surface area contributed by atoms with Crippen LogP contribution in [-0.4, -0.2) is 43.0 Å². The first-order valence-corrected chi connectivity index (χ1v) is 10.1. The van der Waals surface area contributed by atoms with Crippen molar-refractivity contribution in [3.63, 3.8) is 0 Å². The molecule has 1 aliphatic heterocycles. The van der Waals surface area contributed by atoms with Crippen LogP contribution >= 0.6 is 11.3 Å². The number of halogens is 1. The Labute approximate surface area is 148 Å². The molecule has 1 amide bonds. The Hall–Kier alpha value is -2.04. The van der Waals surface area contributed by atoms with Gasteiger partial charge in [0, 0.05) is 24.4 Å². The number of sulfonamides is 1. The second-order valence-corrected chi connectivity index (χ2v) is 8.57. The molecule has 0 bridgehead atoms. The third kappa shape index (κ3) is 4.33. The Kier molecular flexibility index (Phi) is 5.02. The van der Waals surface area contributed by atoms with E-state index in [1.165, 1.54) is 40.1 Å². The van der Waals surface area contributed by atoms with E-state index in [-0.39, 0.29) is 18.9 Å². The van der Waals surface area contributed by atoms with Crippen molar-refractivity contribution in [1.82, 2.24) is 9.29 Å². The summed E-state index contributed by atoms with van der Waals surface area (Å²) in [5.41, 5.74) is 0.787. The van der Waals surface area contributed by atoms with E-state index in [0.29, 0.717) is 18.1 Å². The van der Waals surface area contributed by atoms with Crippen molar-refractivity contribution in [3.8, 4) is 5.75 Å². The zero-order valence-corrected chi connectivity index (χ0v) is 15.0. The Morgan fingerprint density at radius 3 is 2.92 bits per heavy atom. The number of hydrogen-bond donors (Lipinski definition) is 1. The first-order valence-electron chi connectivity index (χ1n) is 7.44. The summed E-state index contributed by atoms with van der Waals surface area (Å²) >= 11 is 1.23. The number of hydrogen-bond acceptors (Lipinski definition) is 6.